The van der Waals surface area contributed by atoms with Crippen LogP contribution in [0.15, 0.2) is 42.5 Å². The molecular weight excluding hydrogens is 220 g/mol. The Bertz CT molecular complexity index is 541. The summed E-state index contributed by atoms with van der Waals surface area (Å²) in [6.07, 6.45) is 0. The molecule has 0 saturated carbocycles. The molecule has 0 radical (unpaired) electrons. The maximum Gasteiger partial charge on any atom is 0.126 e. The van der Waals surface area contributed by atoms with E-state index in [1.807, 2.05) is 18.2 Å². The van der Waals surface area contributed by atoms with Crippen molar-refractivity contribution in [3.8, 4) is 16.9 Å². The molecule has 0 heterocycles. The Balaban J connectivity index is 2.51. The fourth-order valence-electron chi connectivity index (χ4n) is 2.22. The first-order chi connectivity index (χ1) is 8.63. The van der Waals surface area contributed by atoms with Crippen molar-refractivity contribution < 1.29 is 4.74 Å². The van der Waals surface area contributed by atoms with Crippen LogP contribution in [0.25, 0.3) is 11.1 Å². The molecule has 18 heavy (non-hydrogen) atoms. The zero-order chi connectivity index (χ0) is 13.1. The number of ether oxygens (including phenoxy) is 1. The van der Waals surface area contributed by atoms with Crippen molar-refractivity contribution in [2.45, 2.75) is 26.7 Å². The van der Waals surface area contributed by atoms with Gasteiger partial charge >= 0.3 is 0 Å². The number of hydrogen-bond donors (Lipinski definition) is 0. The van der Waals surface area contributed by atoms with Crippen LogP contribution < -0.4 is 4.74 Å². The Morgan fingerprint density at radius 2 is 1.67 bits per heavy atom. The second-order valence-electron chi connectivity index (χ2n) is 4.93. The van der Waals surface area contributed by atoms with Crippen molar-refractivity contribution in [2.24, 2.45) is 0 Å². The lowest BCUT2D eigenvalue weighted by Crippen LogP contribution is -1.93. The molecule has 2 aromatic rings. The molecule has 1 nitrogen and oxygen atoms in total. The molecule has 2 aromatic carbocycles. The van der Waals surface area contributed by atoms with Gasteiger partial charge in [-0.15, -0.1) is 0 Å². The van der Waals surface area contributed by atoms with Gasteiger partial charge in [0, 0.05) is 5.56 Å². The van der Waals surface area contributed by atoms with E-state index in [0.29, 0.717) is 5.92 Å². The highest BCUT2D eigenvalue weighted by molar-refractivity contribution is 5.73. The van der Waals surface area contributed by atoms with Gasteiger partial charge in [0.15, 0.2) is 0 Å². The first-order valence-corrected chi connectivity index (χ1v) is 6.37. The summed E-state index contributed by atoms with van der Waals surface area (Å²) in [5, 5.41) is 0. The third-order valence-corrected chi connectivity index (χ3v) is 3.31. The Morgan fingerprint density at radius 3 is 2.28 bits per heavy atom. The van der Waals surface area contributed by atoms with Crippen molar-refractivity contribution in [2.75, 3.05) is 7.11 Å². The van der Waals surface area contributed by atoms with Crippen LogP contribution in [-0.2, 0) is 0 Å². The van der Waals surface area contributed by atoms with Crippen LogP contribution in [0.3, 0.4) is 0 Å². The highest BCUT2D eigenvalue weighted by Gasteiger charge is 2.09. The standard InChI is InChI=1S/C17H20O/c1-12(2)14-9-10-15(13(3)11-14)16-7-5-6-8-17(16)18-4/h5-12H,1-4H3. The summed E-state index contributed by atoms with van der Waals surface area (Å²) in [5.41, 5.74) is 5.08. The van der Waals surface area contributed by atoms with Crippen molar-refractivity contribution in [1.29, 1.82) is 0 Å². The van der Waals surface area contributed by atoms with Crippen LogP contribution in [0.4, 0.5) is 0 Å². The normalized spacial score (nSPS) is 10.7. The predicted octanol–water partition coefficient (Wildman–Crippen LogP) is 4.79. The van der Waals surface area contributed by atoms with Gasteiger partial charge in [-0.25, -0.2) is 0 Å². The molecule has 0 aliphatic carbocycles. The Labute approximate surface area is 109 Å². The van der Waals surface area contributed by atoms with E-state index in [4.69, 9.17) is 4.74 Å². The predicted molar refractivity (Wildman–Crippen MR) is 77.3 cm³/mol. The average molecular weight is 240 g/mol. The molecule has 0 fully saturated rings. The molecule has 0 spiro atoms. The number of hydrogen-bond acceptors (Lipinski definition) is 1. The van der Waals surface area contributed by atoms with Crippen molar-refractivity contribution >= 4 is 0 Å². The molecule has 0 saturated heterocycles. The van der Waals surface area contributed by atoms with Crippen molar-refractivity contribution in [3.63, 3.8) is 0 Å². The van der Waals surface area contributed by atoms with Crippen LogP contribution in [-0.4, -0.2) is 7.11 Å². The third-order valence-electron chi connectivity index (χ3n) is 3.31. The molecule has 0 aromatic heterocycles. The Hall–Kier alpha value is -1.76. The summed E-state index contributed by atoms with van der Waals surface area (Å²) < 4.78 is 5.43. The zero-order valence-electron chi connectivity index (χ0n) is 11.5. The second-order valence-corrected chi connectivity index (χ2v) is 4.93. The molecule has 2 rings (SSSR count). The maximum atomic E-state index is 5.43. The molecule has 1 heteroatoms. The van der Waals surface area contributed by atoms with E-state index in [-0.39, 0.29) is 0 Å². The lowest BCUT2D eigenvalue weighted by Gasteiger charge is -2.13. The summed E-state index contributed by atoms with van der Waals surface area (Å²) in [5.74, 6) is 1.49. The van der Waals surface area contributed by atoms with Gasteiger partial charge in [-0.05, 0) is 35.6 Å². The summed E-state index contributed by atoms with van der Waals surface area (Å²) in [7, 11) is 1.72. The van der Waals surface area contributed by atoms with Gasteiger partial charge in [-0.1, -0.05) is 50.2 Å². The molecule has 0 aliphatic rings. The van der Waals surface area contributed by atoms with E-state index >= 15 is 0 Å². The van der Waals surface area contributed by atoms with Crippen LogP contribution in [0.5, 0.6) is 5.75 Å². The van der Waals surface area contributed by atoms with Gasteiger partial charge in [0.05, 0.1) is 7.11 Å². The average Bonchev–Trinajstić information content (AvgIpc) is 2.38. The highest BCUT2D eigenvalue weighted by atomic mass is 16.5. The zero-order valence-corrected chi connectivity index (χ0v) is 11.5. The minimum atomic E-state index is 0.565. The number of benzene rings is 2. The van der Waals surface area contributed by atoms with Gasteiger partial charge in [-0.2, -0.15) is 0 Å². The van der Waals surface area contributed by atoms with E-state index in [2.05, 4.69) is 45.0 Å². The van der Waals surface area contributed by atoms with Crippen molar-refractivity contribution in [3.05, 3.63) is 53.6 Å². The van der Waals surface area contributed by atoms with E-state index in [0.717, 1.165) is 11.3 Å². The van der Waals surface area contributed by atoms with Crippen LogP contribution in [0, 0.1) is 6.92 Å². The van der Waals surface area contributed by atoms with Crippen molar-refractivity contribution in [1.82, 2.24) is 0 Å². The second kappa shape index (κ2) is 5.26. The first kappa shape index (κ1) is 12.7. The molecule has 94 valence electrons. The van der Waals surface area contributed by atoms with E-state index in [1.54, 1.807) is 7.11 Å². The lowest BCUT2D eigenvalue weighted by molar-refractivity contribution is 0.416. The van der Waals surface area contributed by atoms with Crippen LogP contribution >= 0.6 is 0 Å². The van der Waals surface area contributed by atoms with Crippen LogP contribution in [0.1, 0.15) is 30.9 Å². The topological polar surface area (TPSA) is 9.23 Å². The van der Waals surface area contributed by atoms with Gasteiger partial charge < -0.3 is 4.74 Å². The van der Waals surface area contributed by atoms with E-state index in [9.17, 15) is 0 Å². The molecular formula is C17H20O. The molecule has 0 unspecified atom stereocenters. The minimum absolute atomic E-state index is 0.565. The van der Waals surface area contributed by atoms with Gasteiger partial charge in [-0.3, -0.25) is 0 Å². The highest BCUT2D eigenvalue weighted by Crippen LogP contribution is 2.33. The van der Waals surface area contributed by atoms with E-state index < -0.39 is 0 Å². The molecule has 0 atom stereocenters. The fraction of sp³-hybridized carbons (Fsp3) is 0.294. The van der Waals surface area contributed by atoms with E-state index in [1.165, 1.54) is 16.7 Å². The van der Waals surface area contributed by atoms with Gasteiger partial charge in [0.1, 0.15) is 5.75 Å². The molecule has 0 bridgehead atoms. The minimum Gasteiger partial charge on any atom is -0.496 e. The Morgan fingerprint density at radius 1 is 0.944 bits per heavy atom. The third kappa shape index (κ3) is 2.40. The monoisotopic (exact) mass is 240 g/mol. The smallest absolute Gasteiger partial charge is 0.126 e. The maximum absolute atomic E-state index is 5.43. The summed E-state index contributed by atoms with van der Waals surface area (Å²) in [4.78, 5) is 0. The number of rotatable bonds is 3. The molecule has 0 N–H and O–H groups in total. The summed E-state index contributed by atoms with van der Waals surface area (Å²) >= 11 is 0. The number of para-hydroxylation sites is 1. The SMILES string of the molecule is COc1ccccc1-c1ccc(C(C)C)cc1C. The Kier molecular flexibility index (Phi) is 3.71. The lowest BCUT2D eigenvalue weighted by atomic mass is 9.94. The van der Waals surface area contributed by atoms with Crippen LogP contribution in [0.2, 0.25) is 0 Å². The summed E-state index contributed by atoms with van der Waals surface area (Å²) in [6.45, 7) is 6.60. The summed E-state index contributed by atoms with van der Waals surface area (Å²) in [6, 6.07) is 14.8. The fourth-order valence-corrected chi connectivity index (χ4v) is 2.22. The molecule has 0 aliphatic heterocycles. The number of aryl methyl sites for hydroxylation is 1. The largest absolute Gasteiger partial charge is 0.496 e. The van der Waals surface area contributed by atoms with Gasteiger partial charge in [0.25, 0.3) is 0 Å². The first-order valence-electron chi connectivity index (χ1n) is 6.37. The quantitative estimate of drug-likeness (QED) is 0.749. The number of methoxy groups -OCH3 is 1. The molecule has 0 amide bonds. The van der Waals surface area contributed by atoms with Gasteiger partial charge in [0.2, 0.25) is 0 Å².